The number of rotatable bonds is 33. The van der Waals surface area contributed by atoms with Crippen LogP contribution in [0.25, 0.3) is 0 Å². The summed E-state index contributed by atoms with van der Waals surface area (Å²) in [6.07, 6.45) is 17.3. The first-order chi connectivity index (χ1) is 27.2. The number of aliphatic hydroxyl groups is 2. The molecule has 0 heterocycles. The molecule has 2 aromatic carbocycles. The molecule has 0 aliphatic heterocycles. The smallest absolute Gasteiger partial charge is 0.251 e. The van der Waals surface area contributed by atoms with Crippen LogP contribution in [0.4, 0.5) is 0 Å². The lowest BCUT2D eigenvalue weighted by atomic mass is 9.86. The SMILES string of the molecule is CCCCCCCCCC(c1ccccc1C(=O)NCCCO)C(SSC(C(=O)Cl)C(CCCCCCCCC)c1ccccc1C(=O)NCCCO)C(=O)Cl. The van der Waals surface area contributed by atoms with Gasteiger partial charge >= 0.3 is 0 Å². The lowest BCUT2D eigenvalue weighted by Gasteiger charge is -2.30. The molecule has 56 heavy (non-hydrogen) atoms. The Balaban J connectivity index is 2.49. The molecule has 0 saturated carbocycles. The molecule has 8 nitrogen and oxygen atoms in total. The molecule has 2 amide bonds. The lowest BCUT2D eigenvalue weighted by molar-refractivity contribution is -0.112. The molecule has 0 aliphatic rings. The van der Waals surface area contributed by atoms with Crippen LogP contribution in [-0.2, 0) is 9.59 Å². The van der Waals surface area contributed by atoms with E-state index in [-0.39, 0.29) is 25.0 Å². The topological polar surface area (TPSA) is 133 Å². The van der Waals surface area contributed by atoms with Crippen LogP contribution in [0, 0.1) is 0 Å². The number of hydrogen-bond donors (Lipinski definition) is 4. The van der Waals surface area contributed by atoms with E-state index in [1.54, 1.807) is 24.3 Å². The highest BCUT2D eigenvalue weighted by molar-refractivity contribution is 8.77. The second-order valence-electron chi connectivity index (χ2n) is 14.5. The summed E-state index contributed by atoms with van der Waals surface area (Å²) < 4.78 is 0. The van der Waals surface area contributed by atoms with Crippen LogP contribution in [0.15, 0.2) is 48.5 Å². The molecular formula is C44H66Cl2N2O6S2. The van der Waals surface area contributed by atoms with Gasteiger partial charge in [-0.1, -0.05) is 162 Å². The number of carbonyl (C=O) groups is 4. The maximum absolute atomic E-state index is 13.5. The fourth-order valence-corrected chi connectivity index (χ4v) is 11.2. The van der Waals surface area contributed by atoms with Gasteiger partial charge in [-0.15, -0.1) is 0 Å². The highest BCUT2D eigenvalue weighted by Gasteiger charge is 2.37. The minimum Gasteiger partial charge on any atom is -0.396 e. The zero-order valence-electron chi connectivity index (χ0n) is 33.6. The van der Waals surface area contributed by atoms with Crippen molar-refractivity contribution >= 4 is 67.1 Å². The van der Waals surface area contributed by atoms with Crippen molar-refractivity contribution in [3.05, 3.63) is 70.8 Å². The molecule has 4 atom stereocenters. The van der Waals surface area contributed by atoms with Crippen LogP contribution in [0.5, 0.6) is 0 Å². The summed E-state index contributed by atoms with van der Waals surface area (Å²) in [5.74, 6) is -1.42. The lowest BCUT2D eigenvalue weighted by Crippen LogP contribution is -2.30. The number of carbonyl (C=O) groups excluding carboxylic acids is 4. The normalized spacial score (nSPS) is 13.5. The van der Waals surface area contributed by atoms with Gasteiger partial charge in [-0.3, -0.25) is 19.2 Å². The van der Waals surface area contributed by atoms with Gasteiger partial charge in [-0.05, 0) is 72.1 Å². The molecular weight excluding hydrogens is 788 g/mol. The molecule has 0 spiro atoms. The number of amides is 2. The quantitative estimate of drug-likeness (QED) is 0.0317. The Hall–Kier alpha value is -2.08. The fraction of sp³-hybridized carbons (Fsp3) is 0.636. The Morgan fingerprint density at radius 3 is 1.21 bits per heavy atom. The summed E-state index contributed by atoms with van der Waals surface area (Å²) in [5, 5.41) is 21.6. The summed E-state index contributed by atoms with van der Waals surface area (Å²) in [5.41, 5.74) is 2.33. The molecule has 0 aliphatic carbocycles. The Morgan fingerprint density at radius 2 is 0.875 bits per heavy atom. The second kappa shape index (κ2) is 30.9. The molecule has 2 aromatic rings. The Labute approximate surface area is 354 Å². The van der Waals surface area contributed by atoms with Crippen LogP contribution >= 0.6 is 44.8 Å². The maximum atomic E-state index is 13.5. The van der Waals surface area contributed by atoms with E-state index in [1.807, 2.05) is 24.3 Å². The minimum atomic E-state index is -0.803. The van der Waals surface area contributed by atoms with E-state index < -0.39 is 32.8 Å². The van der Waals surface area contributed by atoms with Gasteiger partial charge in [0.25, 0.3) is 11.8 Å². The van der Waals surface area contributed by atoms with E-state index in [2.05, 4.69) is 24.5 Å². The number of halogens is 2. The number of benzene rings is 2. The van der Waals surface area contributed by atoms with Gasteiger partial charge in [-0.2, -0.15) is 0 Å². The van der Waals surface area contributed by atoms with Crippen molar-refractivity contribution in [3.8, 4) is 0 Å². The molecule has 4 unspecified atom stereocenters. The number of nitrogens with one attached hydrogen (secondary N) is 2. The van der Waals surface area contributed by atoms with Crippen molar-refractivity contribution in [1.29, 1.82) is 0 Å². The highest BCUT2D eigenvalue weighted by atomic mass is 35.5. The number of aliphatic hydroxyl groups excluding tert-OH is 2. The van der Waals surface area contributed by atoms with Gasteiger partial charge in [0.05, 0.1) is 10.5 Å². The van der Waals surface area contributed by atoms with Gasteiger partial charge in [0.15, 0.2) is 0 Å². The highest BCUT2D eigenvalue weighted by Crippen LogP contribution is 2.47. The van der Waals surface area contributed by atoms with Crippen molar-refractivity contribution in [3.63, 3.8) is 0 Å². The van der Waals surface area contributed by atoms with Gasteiger partial charge < -0.3 is 20.8 Å². The van der Waals surface area contributed by atoms with Crippen molar-refractivity contribution < 1.29 is 29.4 Å². The standard InChI is InChI=1S/C44H66Cl2N2O6S2/c1-3-5-7-9-11-13-15-25-35(33-23-17-19-27-37(33)43(53)47-29-21-31-49)39(41(45)51)55-56-40(42(46)52)36(26-16-14-12-10-8-6-4-2)34-24-18-20-28-38(34)44(54)48-30-22-32-50/h17-20,23-24,27-28,35-36,39-40,49-50H,3-16,21-22,25-26,29-32H2,1-2H3,(H,47,53)(H,48,54). The van der Waals surface area contributed by atoms with E-state index in [0.717, 1.165) is 51.4 Å². The monoisotopic (exact) mass is 852 g/mol. The van der Waals surface area contributed by atoms with E-state index >= 15 is 0 Å². The molecule has 0 aromatic heterocycles. The zero-order chi connectivity index (χ0) is 41.0. The molecule has 12 heteroatoms. The van der Waals surface area contributed by atoms with E-state index in [1.165, 1.54) is 60.1 Å². The zero-order valence-corrected chi connectivity index (χ0v) is 36.7. The first-order valence-corrected chi connectivity index (χ1v) is 23.9. The molecule has 0 bridgehead atoms. The van der Waals surface area contributed by atoms with Crippen molar-refractivity contribution in [1.82, 2.24) is 10.6 Å². The third kappa shape index (κ3) is 18.7. The Kier molecular flexibility index (Phi) is 27.6. The molecule has 0 fully saturated rings. The summed E-state index contributed by atoms with van der Waals surface area (Å²) >= 11 is 12.9. The van der Waals surface area contributed by atoms with Gasteiger partial charge in [0.1, 0.15) is 0 Å². The molecule has 0 saturated heterocycles. The van der Waals surface area contributed by atoms with Crippen LogP contribution in [0.1, 0.15) is 173 Å². The summed E-state index contributed by atoms with van der Waals surface area (Å²) in [4.78, 5) is 53.9. The minimum absolute atomic E-state index is 0.0429. The molecule has 314 valence electrons. The molecule has 2 rings (SSSR count). The van der Waals surface area contributed by atoms with Gasteiger partial charge in [0, 0.05) is 49.3 Å². The van der Waals surface area contributed by atoms with Crippen LogP contribution < -0.4 is 10.6 Å². The Bertz CT molecular complexity index is 1330. The summed E-state index contributed by atoms with van der Waals surface area (Å²) in [7, 11) is 2.46. The maximum Gasteiger partial charge on any atom is 0.251 e. The average Bonchev–Trinajstić information content (AvgIpc) is 3.19. The predicted molar refractivity (Wildman–Crippen MR) is 236 cm³/mol. The number of hydrogen-bond acceptors (Lipinski definition) is 8. The summed E-state index contributed by atoms with van der Waals surface area (Å²) in [6, 6.07) is 14.6. The first-order valence-electron chi connectivity index (χ1n) is 20.9. The second-order valence-corrected chi connectivity index (χ2v) is 17.8. The first kappa shape index (κ1) is 50.1. The van der Waals surface area contributed by atoms with Crippen LogP contribution in [0.3, 0.4) is 0 Å². The largest absolute Gasteiger partial charge is 0.396 e. The van der Waals surface area contributed by atoms with Gasteiger partial charge in [0.2, 0.25) is 10.5 Å². The third-order valence-electron chi connectivity index (χ3n) is 10.1. The molecule has 0 radical (unpaired) electrons. The fourth-order valence-electron chi connectivity index (χ4n) is 7.04. The van der Waals surface area contributed by atoms with Crippen molar-refractivity contribution in [2.24, 2.45) is 0 Å². The third-order valence-corrected chi connectivity index (χ3v) is 14.0. The van der Waals surface area contributed by atoms with E-state index in [4.69, 9.17) is 23.2 Å². The van der Waals surface area contributed by atoms with Gasteiger partial charge in [-0.25, -0.2) is 0 Å². The van der Waals surface area contributed by atoms with Crippen molar-refractivity contribution in [2.45, 2.75) is 152 Å². The Morgan fingerprint density at radius 1 is 0.536 bits per heavy atom. The van der Waals surface area contributed by atoms with Crippen LogP contribution in [0.2, 0.25) is 0 Å². The van der Waals surface area contributed by atoms with Crippen molar-refractivity contribution in [2.75, 3.05) is 26.3 Å². The average molecular weight is 854 g/mol. The van der Waals surface area contributed by atoms with E-state index in [0.29, 0.717) is 61.0 Å². The van der Waals surface area contributed by atoms with E-state index in [9.17, 15) is 29.4 Å². The molecule has 4 N–H and O–H groups in total. The number of unbranched alkanes of at least 4 members (excludes halogenated alkanes) is 12. The summed E-state index contributed by atoms with van der Waals surface area (Å²) in [6.45, 7) is 4.93. The predicted octanol–water partition coefficient (Wildman–Crippen LogP) is 10.7. The van der Waals surface area contributed by atoms with Crippen LogP contribution in [-0.4, -0.2) is 69.3 Å².